The lowest BCUT2D eigenvalue weighted by molar-refractivity contribution is 0.553. The minimum Gasteiger partial charge on any atom is -0.313 e. The average molecular weight is 370 g/mol. The summed E-state index contributed by atoms with van der Waals surface area (Å²) in [5.41, 5.74) is 0.390. The van der Waals surface area contributed by atoms with Crippen LogP contribution in [0.5, 0.6) is 0 Å². The van der Waals surface area contributed by atoms with Crippen molar-refractivity contribution in [2.24, 2.45) is 0 Å². The lowest BCUT2D eigenvalue weighted by Crippen LogP contribution is -2.37. The van der Waals surface area contributed by atoms with Crippen LogP contribution >= 0.6 is 27.5 Å². The molecule has 0 aromatic heterocycles. The van der Waals surface area contributed by atoms with Crippen molar-refractivity contribution < 1.29 is 8.42 Å². The Kier molecular flexibility index (Phi) is 6.11. The molecule has 19 heavy (non-hydrogen) atoms. The van der Waals surface area contributed by atoms with E-state index in [-0.39, 0.29) is 6.04 Å². The van der Waals surface area contributed by atoms with Crippen molar-refractivity contribution in [3.05, 3.63) is 27.7 Å². The Morgan fingerprint density at radius 3 is 2.47 bits per heavy atom. The van der Waals surface area contributed by atoms with Gasteiger partial charge in [0, 0.05) is 17.1 Å². The summed E-state index contributed by atoms with van der Waals surface area (Å²) in [6.45, 7) is 5.99. The number of hydrogen-bond donors (Lipinski definition) is 2. The number of rotatable bonds is 6. The molecule has 1 rings (SSSR count). The van der Waals surface area contributed by atoms with E-state index in [2.05, 4.69) is 26.0 Å². The van der Waals surface area contributed by atoms with Crippen molar-refractivity contribution in [2.45, 2.75) is 32.1 Å². The van der Waals surface area contributed by atoms with Gasteiger partial charge in [-0.3, -0.25) is 4.72 Å². The molecule has 1 atom stereocenters. The zero-order valence-corrected chi connectivity index (χ0v) is 14.2. The maximum atomic E-state index is 12.1. The van der Waals surface area contributed by atoms with Crippen molar-refractivity contribution in [1.82, 2.24) is 5.32 Å². The van der Waals surface area contributed by atoms with Crippen molar-refractivity contribution >= 4 is 43.2 Å². The van der Waals surface area contributed by atoms with Gasteiger partial charge in [0.1, 0.15) is 0 Å². The highest BCUT2D eigenvalue weighted by Gasteiger charge is 2.21. The highest BCUT2D eigenvalue weighted by Crippen LogP contribution is 2.26. The van der Waals surface area contributed by atoms with Gasteiger partial charge in [-0.2, -0.15) is 0 Å². The van der Waals surface area contributed by atoms with Gasteiger partial charge in [-0.25, -0.2) is 8.42 Å². The van der Waals surface area contributed by atoms with Crippen LogP contribution in [-0.2, 0) is 10.0 Å². The number of sulfonamides is 1. The van der Waals surface area contributed by atoms with E-state index in [9.17, 15) is 8.42 Å². The third-order valence-corrected chi connectivity index (χ3v) is 5.06. The van der Waals surface area contributed by atoms with Gasteiger partial charge >= 0.3 is 0 Å². The predicted molar refractivity (Wildman–Crippen MR) is 84.3 cm³/mol. The average Bonchev–Trinajstić information content (AvgIpc) is 2.29. The van der Waals surface area contributed by atoms with Gasteiger partial charge in [0.05, 0.1) is 16.0 Å². The second-order valence-electron chi connectivity index (χ2n) is 4.64. The first-order valence-corrected chi connectivity index (χ1v) is 8.64. The van der Waals surface area contributed by atoms with Gasteiger partial charge < -0.3 is 5.32 Å². The Bertz CT molecular complexity index is 535. The summed E-state index contributed by atoms with van der Waals surface area (Å²) in [5, 5.41) is 2.92. The summed E-state index contributed by atoms with van der Waals surface area (Å²) in [6.07, 6.45) is 0. The number of halogens is 2. The molecule has 0 fully saturated rings. The SMILES string of the molecule is CC(C)NCC(C)S(=O)(=O)Nc1ccc(Br)cc1Cl. The van der Waals surface area contributed by atoms with Crippen LogP contribution in [0, 0.1) is 0 Å². The Labute approximate surface area is 128 Å². The van der Waals surface area contributed by atoms with Crippen LogP contribution < -0.4 is 10.0 Å². The molecular weight excluding hydrogens is 352 g/mol. The first kappa shape index (κ1) is 16.8. The smallest absolute Gasteiger partial charge is 0.236 e. The quantitative estimate of drug-likeness (QED) is 0.809. The lowest BCUT2D eigenvalue weighted by atomic mass is 10.3. The van der Waals surface area contributed by atoms with Crippen molar-refractivity contribution in [3.63, 3.8) is 0 Å². The van der Waals surface area contributed by atoms with Crippen molar-refractivity contribution in [3.8, 4) is 0 Å². The van der Waals surface area contributed by atoms with E-state index in [0.29, 0.717) is 17.3 Å². The van der Waals surface area contributed by atoms with Crippen molar-refractivity contribution in [2.75, 3.05) is 11.3 Å². The van der Waals surface area contributed by atoms with E-state index in [1.165, 1.54) is 0 Å². The Morgan fingerprint density at radius 1 is 1.32 bits per heavy atom. The van der Waals surface area contributed by atoms with E-state index < -0.39 is 15.3 Å². The molecule has 0 radical (unpaired) electrons. The number of benzene rings is 1. The summed E-state index contributed by atoms with van der Waals surface area (Å²) < 4.78 is 27.6. The van der Waals surface area contributed by atoms with Gasteiger partial charge in [0.25, 0.3) is 0 Å². The topological polar surface area (TPSA) is 58.2 Å². The minimum atomic E-state index is -3.46. The third-order valence-electron chi connectivity index (χ3n) is 2.53. The molecule has 1 aromatic carbocycles. The van der Waals surface area contributed by atoms with Gasteiger partial charge in [-0.05, 0) is 25.1 Å². The Hall–Kier alpha value is -0.300. The normalized spacial score (nSPS) is 13.6. The largest absolute Gasteiger partial charge is 0.313 e. The van der Waals surface area contributed by atoms with E-state index in [4.69, 9.17) is 11.6 Å². The standard InChI is InChI=1S/C12H18BrClN2O2S/c1-8(2)15-7-9(3)19(17,18)16-12-5-4-10(13)6-11(12)14/h4-6,8-9,15-16H,7H2,1-3H3. The van der Waals surface area contributed by atoms with Crippen molar-refractivity contribution in [1.29, 1.82) is 0 Å². The summed E-state index contributed by atoms with van der Waals surface area (Å²) in [6, 6.07) is 5.26. The van der Waals surface area contributed by atoms with Gasteiger partial charge in [-0.15, -0.1) is 0 Å². The molecule has 0 heterocycles. The lowest BCUT2D eigenvalue weighted by Gasteiger charge is -2.17. The molecule has 0 saturated heterocycles. The predicted octanol–water partition coefficient (Wildman–Crippen LogP) is 3.23. The molecule has 4 nitrogen and oxygen atoms in total. The molecule has 0 amide bonds. The van der Waals surface area contributed by atoms with E-state index in [0.717, 1.165) is 4.47 Å². The molecule has 1 aromatic rings. The molecular formula is C12H18BrClN2O2S. The molecule has 108 valence electrons. The summed E-state index contributed by atoms with van der Waals surface area (Å²) >= 11 is 9.27. The third kappa shape index (κ3) is 5.30. The molecule has 0 aliphatic carbocycles. The molecule has 0 bridgehead atoms. The highest BCUT2D eigenvalue weighted by molar-refractivity contribution is 9.10. The van der Waals surface area contributed by atoms with E-state index >= 15 is 0 Å². The maximum Gasteiger partial charge on any atom is 0.236 e. The van der Waals surface area contributed by atoms with Crippen LogP contribution in [-0.4, -0.2) is 26.3 Å². The van der Waals surface area contributed by atoms with E-state index in [1.54, 1.807) is 25.1 Å². The molecule has 0 spiro atoms. The van der Waals surface area contributed by atoms with Crippen LogP contribution in [0.2, 0.25) is 5.02 Å². The van der Waals surface area contributed by atoms with Crippen LogP contribution in [0.15, 0.2) is 22.7 Å². The minimum absolute atomic E-state index is 0.244. The first-order chi connectivity index (χ1) is 8.72. The van der Waals surface area contributed by atoms with Gasteiger partial charge in [0.15, 0.2) is 0 Å². The summed E-state index contributed by atoms with van der Waals surface area (Å²) in [5.74, 6) is 0. The fraction of sp³-hybridized carbons (Fsp3) is 0.500. The second-order valence-corrected chi connectivity index (χ2v) is 8.07. The summed E-state index contributed by atoms with van der Waals surface area (Å²) in [4.78, 5) is 0. The second kappa shape index (κ2) is 6.92. The fourth-order valence-corrected chi connectivity index (χ4v) is 3.12. The van der Waals surface area contributed by atoms with Crippen LogP contribution in [0.25, 0.3) is 0 Å². The molecule has 2 N–H and O–H groups in total. The Morgan fingerprint density at radius 2 is 1.95 bits per heavy atom. The monoisotopic (exact) mass is 368 g/mol. The maximum absolute atomic E-state index is 12.1. The van der Waals surface area contributed by atoms with Gasteiger partial charge in [-0.1, -0.05) is 41.4 Å². The fourth-order valence-electron chi connectivity index (χ4n) is 1.34. The number of hydrogen-bond acceptors (Lipinski definition) is 3. The zero-order chi connectivity index (χ0) is 14.6. The highest BCUT2D eigenvalue weighted by atomic mass is 79.9. The Balaban J connectivity index is 2.78. The first-order valence-electron chi connectivity index (χ1n) is 5.92. The van der Waals surface area contributed by atoms with Crippen LogP contribution in [0.1, 0.15) is 20.8 Å². The zero-order valence-electron chi connectivity index (χ0n) is 11.1. The number of nitrogens with one attached hydrogen (secondary N) is 2. The summed E-state index contributed by atoms with van der Waals surface area (Å²) in [7, 11) is -3.46. The van der Waals surface area contributed by atoms with Crippen LogP contribution in [0.3, 0.4) is 0 Å². The van der Waals surface area contributed by atoms with Gasteiger partial charge in [0.2, 0.25) is 10.0 Å². The molecule has 0 aliphatic rings. The number of anilines is 1. The molecule has 1 unspecified atom stereocenters. The molecule has 0 aliphatic heterocycles. The van der Waals surface area contributed by atoms with Crippen LogP contribution in [0.4, 0.5) is 5.69 Å². The van der Waals surface area contributed by atoms with E-state index in [1.807, 2.05) is 13.8 Å². The molecule has 0 saturated carbocycles. The molecule has 7 heteroatoms.